The van der Waals surface area contributed by atoms with Gasteiger partial charge in [0.25, 0.3) is 0 Å². The fourth-order valence-corrected chi connectivity index (χ4v) is 2.97. The Morgan fingerprint density at radius 3 is 2.89 bits per heavy atom. The van der Waals surface area contributed by atoms with E-state index in [4.69, 9.17) is 0 Å². The van der Waals surface area contributed by atoms with Crippen molar-refractivity contribution in [2.24, 2.45) is 5.92 Å². The van der Waals surface area contributed by atoms with Gasteiger partial charge in [-0.3, -0.25) is 4.68 Å². The first-order valence-corrected chi connectivity index (χ1v) is 7.05. The monoisotopic (exact) mass is 256 g/mol. The average Bonchev–Trinajstić information content (AvgIpc) is 2.95. The summed E-state index contributed by atoms with van der Waals surface area (Å²) in [5.41, 5.74) is 3.78. The minimum atomic E-state index is -0.395. The number of aliphatic hydroxyl groups is 1. The summed E-state index contributed by atoms with van der Waals surface area (Å²) in [4.78, 5) is 0. The number of hydrogen-bond acceptors (Lipinski definition) is 2. The highest BCUT2D eigenvalue weighted by molar-refractivity contribution is 5.30. The van der Waals surface area contributed by atoms with Crippen LogP contribution in [0.3, 0.4) is 0 Å². The normalized spacial score (nSPS) is 20.0. The van der Waals surface area contributed by atoms with Crippen LogP contribution in [-0.2, 0) is 19.4 Å². The van der Waals surface area contributed by atoms with Crippen LogP contribution in [0.25, 0.3) is 0 Å². The second kappa shape index (κ2) is 5.17. The molecular formula is C16H20N2O. The summed E-state index contributed by atoms with van der Waals surface area (Å²) in [6, 6.07) is 8.57. The molecule has 0 bridgehead atoms. The predicted molar refractivity (Wildman–Crippen MR) is 74.8 cm³/mol. The molecular weight excluding hydrogens is 236 g/mol. The minimum Gasteiger partial charge on any atom is -0.388 e. The molecule has 1 aliphatic carbocycles. The number of hydrogen-bond donors (Lipinski definition) is 1. The molecule has 3 nitrogen and oxygen atoms in total. The van der Waals surface area contributed by atoms with Crippen molar-refractivity contribution in [2.75, 3.05) is 0 Å². The lowest BCUT2D eigenvalue weighted by Gasteiger charge is -2.28. The number of aryl methyl sites for hydroxylation is 2. The molecule has 2 atom stereocenters. The highest BCUT2D eigenvalue weighted by atomic mass is 16.3. The molecule has 1 aliphatic rings. The van der Waals surface area contributed by atoms with E-state index in [0.717, 1.165) is 31.4 Å². The predicted octanol–water partition coefficient (Wildman–Crippen LogP) is 2.74. The van der Waals surface area contributed by atoms with E-state index in [0.29, 0.717) is 5.92 Å². The van der Waals surface area contributed by atoms with Crippen molar-refractivity contribution in [3.05, 3.63) is 53.3 Å². The molecule has 0 spiro atoms. The van der Waals surface area contributed by atoms with Gasteiger partial charge >= 0.3 is 0 Å². The van der Waals surface area contributed by atoms with E-state index < -0.39 is 6.10 Å². The first-order chi connectivity index (χ1) is 9.28. The second-order valence-corrected chi connectivity index (χ2v) is 5.35. The first-order valence-electron chi connectivity index (χ1n) is 7.05. The average molecular weight is 256 g/mol. The Morgan fingerprint density at radius 2 is 2.16 bits per heavy atom. The highest BCUT2D eigenvalue weighted by Crippen LogP contribution is 2.33. The van der Waals surface area contributed by atoms with Crippen molar-refractivity contribution in [3.63, 3.8) is 0 Å². The van der Waals surface area contributed by atoms with E-state index in [1.165, 1.54) is 11.1 Å². The molecule has 1 heterocycles. The molecule has 0 saturated carbocycles. The fourth-order valence-electron chi connectivity index (χ4n) is 2.97. The van der Waals surface area contributed by atoms with Crippen LogP contribution in [0.4, 0.5) is 0 Å². The van der Waals surface area contributed by atoms with E-state index in [-0.39, 0.29) is 0 Å². The van der Waals surface area contributed by atoms with Crippen molar-refractivity contribution in [1.82, 2.24) is 9.78 Å². The van der Waals surface area contributed by atoms with Crippen LogP contribution >= 0.6 is 0 Å². The molecule has 1 N–H and O–H groups in total. The van der Waals surface area contributed by atoms with E-state index >= 15 is 0 Å². The van der Waals surface area contributed by atoms with Gasteiger partial charge in [-0.1, -0.05) is 24.3 Å². The maximum atomic E-state index is 10.5. The van der Waals surface area contributed by atoms with Crippen LogP contribution < -0.4 is 0 Å². The number of fused-ring (bicyclic) bond motifs is 1. The SMILES string of the molecule is CCn1cc(C(O)C2CCc3ccccc3C2)cn1. The van der Waals surface area contributed by atoms with Crippen molar-refractivity contribution in [2.45, 2.75) is 38.8 Å². The highest BCUT2D eigenvalue weighted by Gasteiger charge is 2.26. The van der Waals surface area contributed by atoms with Crippen molar-refractivity contribution < 1.29 is 5.11 Å². The van der Waals surface area contributed by atoms with Crippen LogP contribution in [0.15, 0.2) is 36.7 Å². The van der Waals surface area contributed by atoms with Gasteiger partial charge in [0, 0.05) is 18.3 Å². The molecule has 1 aromatic heterocycles. The molecule has 19 heavy (non-hydrogen) atoms. The Hall–Kier alpha value is -1.61. The number of rotatable bonds is 3. The van der Waals surface area contributed by atoms with Gasteiger partial charge in [-0.15, -0.1) is 0 Å². The maximum absolute atomic E-state index is 10.5. The molecule has 2 unspecified atom stereocenters. The number of nitrogens with zero attached hydrogens (tertiary/aromatic N) is 2. The quantitative estimate of drug-likeness (QED) is 0.917. The van der Waals surface area contributed by atoms with Crippen LogP contribution in [0.1, 0.15) is 36.1 Å². The summed E-state index contributed by atoms with van der Waals surface area (Å²) in [5.74, 6) is 0.310. The lowest BCUT2D eigenvalue weighted by atomic mass is 9.80. The van der Waals surface area contributed by atoms with E-state index in [2.05, 4.69) is 36.3 Å². The van der Waals surface area contributed by atoms with Gasteiger partial charge in [-0.05, 0) is 43.2 Å². The van der Waals surface area contributed by atoms with Crippen molar-refractivity contribution >= 4 is 0 Å². The third-order valence-corrected chi connectivity index (χ3v) is 4.15. The molecule has 0 saturated heterocycles. The van der Waals surface area contributed by atoms with Crippen LogP contribution in [0, 0.1) is 5.92 Å². The van der Waals surface area contributed by atoms with Gasteiger partial charge in [0.1, 0.15) is 0 Å². The fraction of sp³-hybridized carbons (Fsp3) is 0.438. The molecule has 0 radical (unpaired) electrons. The van der Waals surface area contributed by atoms with Gasteiger partial charge in [-0.2, -0.15) is 5.10 Å². The molecule has 2 aromatic rings. The van der Waals surface area contributed by atoms with Crippen LogP contribution in [0.5, 0.6) is 0 Å². The summed E-state index contributed by atoms with van der Waals surface area (Å²) < 4.78 is 1.87. The summed E-state index contributed by atoms with van der Waals surface area (Å²) in [6.07, 6.45) is 6.46. The Morgan fingerprint density at radius 1 is 1.37 bits per heavy atom. The van der Waals surface area contributed by atoms with Crippen molar-refractivity contribution in [1.29, 1.82) is 0 Å². The third kappa shape index (κ3) is 2.43. The summed E-state index contributed by atoms with van der Waals surface area (Å²) in [7, 11) is 0. The Labute approximate surface area is 113 Å². The second-order valence-electron chi connectivity index (χ2n) is 5.35. The molecule has 3 heteroatoms. The Bertz CT molecular complexity index is 561. The summed E-state index contributed by atoms with van der Waals surface area (Å²) in [6.45, 7) is 2.90. The van der Waals surface area contributed by atoms with E-state index in [9.17, 15) is 5.11 Å². The number of benzene rings is 1. The maximum Gasteiger partial charge on any atom is 0.0851 e. The standard InChI is InChI=1S/C16H20N2O/c1-2-18-11-15(10-17-18)16(19)14-8-7-12-5-3-4-6-13(12)9-14/h3-6,10-11,14,16,19H,2,7-9H2,1H3. The summed E-state index contributed by atoms with van der Waals surface area (Å²) >= 11 is 0. The Kier molecular flexibility index (Phi) is 3.38. The van der Waals surface area contributed by atoms with Gasteiger partial charge in [-0.25, -0.2) is 0 Å². The lowest BCUT2D eigenvalue weighted by molar-refractivity contribution is 0.0994. The molecule has 0 aliphatic heterocycles. The van der Waals surface area contributed by atoms with Crippen LogP contribution in [-0.4, -0.2) is 14.9 Å². The van der Waals surface area contributed by atoms with E-state index in [1.54, 1.807) is 6.20 Å². The minimum absolute atomic E-state index is 0.310. The number of aromatic nitrogens is 2. The zero-order valence-electron chi connectivity index (χ0n) is 11.3. The van der Waals surface area contributed by atoms with Gasteiger partial charge in [0.15, 0.2) is 0 Å². The zero-order chi connectivity index (χ0) is 13.2. The zero-order valence-corrected chi connectivity index (χ0v) is 11.3. The molecule has 1 aromatic carbocycles. The molecule has 0 fully saturated rings. The first kappa shape index (κ1) is 12.4. The third-order valence-electron chi connectivity index (χ3n) is 4.15. The lowest BCUT2D eigenvalue weighted by Crippen LogP contribution is -2.20. The molecule has 3 rings (SSSR count). The van der Waals surface area contributed by atoms with Gasteiger partial charge in [0.05, 0.1) is 12.3 Å². The molecule has 0 amide bonds. The van der Waals surface area contributed by atoms with Crippen LogP contribution in [0.2, 0.25) is 0 Å². The smallest absolute Gasteiger partial charge is 0.0851 e. The molecule has 100 valence electrons. The topological polar surface area (TPSA) is 38.0 Å². The number of aliphatic hydroxyl groups excluding tert-OH is 1. The Balaban J connectivity index is 1.77. The van der Waals surface area contributed by atoms with E-state index in [1.807, 2.05) is 10.9 Å². The van der Waals surface area contributed by atoms with Gasteiger partial charge < -0.3 is 5.11 Å². The largest absolute Gasteiger partial charge is 0.388 e. The summed E-state index contributed by atoms with van der Waals surface area (Å²) in [5, 5.41) is 14.8. The van der Waals surface area contributed by atoms with Crippen molar-refractivity contribution in [3.8, 4) is 0 Å². The van der Waals surface area contributed by atoms with Gasteiger partial charge in [0.2, 0.25) is 0 Å².